The number of para-hydroxylation sites is 1. The van der Waals surface area contributed by atoms with E-state index in [1.54, 1.807) is 28.5 Å². The van der Waals surface area contributed by atoms with Gasteiger partial charge in [0.1, 0.15) is 22.2 Å². The van der Waals surface area contributed by atoms with E-state index in [1.165, 1.54) is 39.3 Å². The summed E-state index contributed by atoms with van der Waals surface area (Å²) in [5.41, 5.74) is 2.16. The smallest absolute Gasteiger partial charge is 0.269 e. The van der Waals surface area contributed by atoms with Crippen molar-refractivity contribution < 1.29 is 21.4 Å². The van der Waals surface area contributed by atoms with Crippen LogP contribution in [0.15, 0.2) is 63.3 Å². The summed E-state index contributed by atoms with van der Waals surface area (Å²) in [7, 11) is 4.01. The first kappa shape index (κ1) is 23.8. The number of anilines is 1. The second-order valence-corrected chi connectivity index (χ2v) is 10.6. The molecule has 2 aromatic heterocycles. The van der Waals surface area contributed by atoms with Gasteiger partial charge in [-0.3, -0.25) is 9.36 Å². The molecule has 0 fully saturated rings. The zero-order valence-corrected chi connectivity index (χ0v) is 21.4. The van der Waals surface area contributed by atoms with Crippen molar-refractivity contribution in [2.75, 3.05) is 11.9 Å². The van der Waals surface area contributed by atoms with Crippen molar-refractivity contribution in [1.29, 1.82) is 0 Å². The number of hydrogen-bond acceptors (Lipinski definition) is 5. The van der Waals surface area contributed by atoms with Crippen molar-refractivity contribution in [1.82, 2.24) is 4.57 Å². The molecular formula is C24H21ClFN3OS3. The van der Waals surface area contributed by atoms with Gasteiger partial charge in [-0.15, -0.1) is 11.3 Å². The lowest BCUT2D eigenvalue weighted by atomic mass is 10.3. The fourth-order valence-corrected chi connectivity index (χ4v) is 7.04. The van der Waals surface area contributed by atoms with Crippen LogP contribution in [0, 0.1) is 5.82 Å². The third-order valence-electron chi connectivity index (χ3n) is 5.48. The van der Waals surface area contributed by atoms with Gasteiger partial charge >= 0.3 is 0 Å². The highest BCUT2D eigenvalue weighted by Crippen LogP contribution is 2.44. The van der Waals surface area contributed by atoms with Crippen LogP contribution in [0.4, 0.5) is 10.1 Å². The van der Waals surface area contributed by atoms with Crippen molar-refractivity contribution in [3.05, 3.63) is 83.9 Å². The average molecular weight is 518 g/mol. The number of fused-ring (bicyclic) bond motifs is 2. The summed E-state index contributed by atoms with van der Waals surface area (Å²) in [6.07, 6.45) is 5.96. The first-order chi connectivity index (χ1) is 15.5. The Morgan fingerprint density at radius 1 is 1.12 bits per heavy atom. The zero-order chi connectivity index (χ0) is 22.4. The maximum atomic E-state index is 13.6. The SMILES string of the molecule is CCn1c(=O)/c(=C/C=C2\Sc3ccccc3N2C)s/c1=C\c1sc2cc(F)ccc2[n+]1C.[Cl-]. The Balaban J connectivity index is 0.00000259. The molecule has 9 heteroatoms. The fourth-order valence-electron chi connectivity index (χ4n) is 3.75. The van der Waals surface area contributed by atoms with Crippen molar-refractivity contribution in [2.45, 2.75) is 18.4 Å². The van der Waals surface area contributed by atoms with E-state index >= 15 is 0 Å². The highest BCUT2D eigenvalue weighted by molar-refractivity contribution is 8.03. The minimum atomic E-state index is -0.241. The summed E-state index contributed by atoms with van der Waals surface area (Å²) >= 11 is 4.71. The molecule has 0 unspecified atom stereocenters. The van der Waals surface area contributed by atoms with Gasteiger partial charge in [0.2, 0.25) is 5.52 Å². The zero-order valence-electron chi connectivity index (χ0n) is 18.2. The van der Waals surface area contributed by atoms with Gasteiger partial charge in [0.05, 0.1) is 21.3 Å². The number of aromatic nitrogens is 2. The minimum absolute atomic E-state index is 0. The van der Waals surface area contributed by atoms with E-state index in [2.05, 4.69) is 17.0 Å². The Morgan fingerprint density at radius 3 is 2.67 bits per heavy atom. The van der Waals surface area contributed by atoms with Gasteiger partial charge in [0.15, 0.2) is 0 Å². The number of thiazole rings is 2. The van der Waals surface area contributed by atoms with Crippen LogP contribution in [-0.4, -0.2) is 11.6 Å². The standard InChI is InChI=1S/C24H21FN3OS3.ClH/c1-4-28-23(14-22-27(3)17-10-9-15(25)13-20(17)32-22)31-19(24(28)29)11-12-21-26(2)16-7-5-6-8-18(16)30-21;/h5-14H,4H2,1-3H3;1H/q+1;/p-1/b19-11-,21-12-;. The molecule has 0 N–H and O–H groups in total. The topological polar surface area (TPSA) is 29.1 Å². The number of allylic oxidation sites excluding steroid dienone is 1. The lowest BCUT2D eigenvalue weighted by Crippen LogP contribution is -3.00. The number of aryl methyl sites for hydroxylation is 1. The monoisotopic (exact) mass is 517 g/mol. The summed E-state index contributed by atoms with van der Waals surface area (Å²) in [6, 6.07) is 13.1. The molecule has 33 heavy (non-hydrogen) atoms. The Bertz CT molecular complexity index is 1570. The van der Waals surface area contributed by atoms with Crippen molar-refractivity contribution in [2.24, 2.45) is 7.05 Å². The molecule has 5 rings (SSSR count). The Hall–Kier alpha value is -2.39. The molecule has 0 saturated carbocycles. The average Bonchev–Trinajstić information content (AvgIpc) is 3.38. The van der Waals surface area contributed by atoms with E-state index in [9.17, 15) is 9.18 Å². The Morgan fingerprint density at radius 2 is 1.91 bits per heavy atom. The predicted molar refractivity (Wildman–Crippen MR) is 133 cm³/mol. The molecule has 0 atom stereocenters. The lowest BCUT2D eigenvalue weighted by molar-refractivity contribution is -0.642. The lowest BCUT2D eigenvalue weighted by Gasteiger charge is -2.12. The highest BCUT2D eigenvalue weighted by atomic mass is 35.5. The van der Waals surface area contributed by atoms with Crippen LogP contribution < -0.4 is 36.6 Å². The highest BCUT2D eigenvalue weighted by Gasteiger charge is 2.20. The van der Waals surface area contributed by atoms with Crippen molar-refractivity contribution >= 4 is 62.5 Å². The largest absolute Gasteiger partial charge is 1.00 e. The van der Waals surface area contributed by atoms with Crippen LogP contribution in [0.1, 0.15) is 11.9 Å². The molecule has 0 saturated heterocycles. The molecular weight excluding hydrogens is 497 g/mol. The summed E-state index contributed by atoms with van der Waals surface area (Å²) in [4.78, 5) is 16.4. The molecule has 1 aliphatic rings. The first-order valence-electron chi connectivity index (χ1n) is 10.2. The van der Waals surface area contributed by atoms with Crippen LogP contribution >= 0.6 is 34.4 Å². The predicted octanol–water partition coefficient (Wildman–Crippen LogP) is 0.805. The van der Waals surface area contributed by atoms with Gasteiger partial charge < -0.3 is 17.3 Å². The number of thioether (sulfide) groups is 1. The molecule has 4 nitrogen and oxygen atoms in total. The summed E-state index contributed by atoms with van der Waals surface area (Å²) in [6.45, 7) is 2.57. The molecule has 1 aliphatic heterocycles. The summed E-state index contributed by atoms with van der Waals surface area (Å²) < 4.78 is 19.9. The molecule has 4 aromatic rings. The molecule has 170 valence electrons. The Kier molecular flexibility index (Phi) is 6.81. The number of hydrogen-bond donors (Lipinski definition) is 0. The van der Waals surface area contributed by atoms with Gasteiger partial charge in [0.25, 0.3) is 10.6 Å². The Labute approximate surface area is 209 Å². The van der Waals surface area contributed by atoms with Crippen molar-refractivity contribution in [3.8, 4) is 0 Å². The van der Waals surface area contributed by atoms with Crippen LogP contribution in [0.3, 0.4) is 0 Å². The number of rotatable bonds is 3. The van der Waals surface area contributed by atoms with Crippen LogP contribution in [0.2, 0.25) is 0 Å². The quantitative estimate of drug-likeness (QED) is 0.377. The number of benzene rings is 2. The van der Waals surface area contributed by atoms with E-state index in [4.69, 9.17) is 0 Å². The molecule has 0 amide bonds. The molecule has 2 aromatic carbocycles. The van der Waals surface area contributed by atoms with Crippen LogP contribution in [0.5, 0.6) is 0 Å². The van der Waals surface area contributed by atoms with E-state index < -0.39 is 0 Å². The van der Waals surface area contributed by atoms with E-state index in [-0.39, 0.29) is 23.8 Å². The second-order valence-electron chi connectivity index (χ2n) is 7.41. The van der Waals surface area contributed by atoms with E-state index in [0.29, 0.717) is 11.1 Å². The molecule has 0 bridgehead atoms. The van der Waals surface area contributed by atoms with Gasteiger partial charge in [-0.2, -0.15) is 4.57 Å². The van der Waals surface area contributed by atoms with Crippen LogP contribution in [0.25, 0.3) is 22.4 Å². The van der Waals surface area contributed by atoms with Gasteiger partial charge in [-0.05, 0) is 43.3 Å². The maximum Gasteiger partial charge on any atom is 0.269 e. The molecule has 0 radical (unpaired) electrons. The fraction of sp³-hybridized carbons (Fsp3) is 0.167. The normalized spacial score (nSPS) is 15.5. The van der Waals surface area contributed by atoms with Gasteiger partial charge in [0, 0.05) is 24.6 Å². The van der Waals surface area contributed by atoms with Crippen LogP contribution in [-0.2, 0) is 13.6 Å². The van der Waals surface area contributed by atoms with Gasteiger partial charge in [-0.25, -0.2) is 4.39 Å². The number of nitrogens with zero attached hydrogens (tertiary/aromatic N) is 3. The first-order valence-corrected chi connectivity index (χ1v) is 12.6. The maximum absolute atomic E-state index is 13.6. The third-order valence-corrected chi connectivity index (χ3v) is 8.89. The molecule has 0 spiro atoms. The van der Waals surface area contributed by atoms with Gasteiger partial charge in [-0.1, -0.05) is 35.2 Å². The summed E-state index contributed by atoms with van der Waals surface area (Å²) in [5.74, 6) is -0.241. The molecule has 0 aliphatic carbocycles. The molecule has 3 heterocycles. The second kappa shape index (κ2) is 9.46. The van der Waals surface area contributed by atoms with Crippen molar-refractivity contribution in [3.63, 3.8) is 0 Å². The third kappa shape index (κ3) is 4.28. The van der Waals surface area contributed by atoms with E-state index in [0.717, 1.165) is 24.9 Å². The minimum Gasteiger partial charge on any atom is -1.00 e. The number of halogens is 2. The summed E-state index contributed by atoms with van der Waals surface area (Å²) in [5, 5.41) is 2.06. The van der Waals surface area contributed by atoms with E-state index in [1.807, 2.05) is 55.9 Å².